The monoisotopic (exact) mass is 144 g/mol. The van der Waals surface area contributed by atoms with Gasteiger partial charge in [-0.2, -0.15) is 0 Å². The van der Waals surface area contributed by atoms with Crippen molar-refractivity contribution in [1.82, 2.24) is 10.6 Å². The molecule has 1 heterocycles. The van der Waals surface area contributed by atoms with Gasteiger partial charge in [-0.25, -0.2) is 0 Å². The molecule has 10 heavy (non-hydrogen) atoms. The van der Waals surface area contributed by atoms with Crippen molar-refractivity contribution in [2.45, 2.75) is 12.5 Å². The molecule has 2 atom stereocenters. The molecule has 0 spiro atoms. The Labute approximate surface area is 61.8 Å². The molecular weight excluding hydrogens is 128 g/mol. The van der Waals surface area contributed by atoms with Crippen LogP contribution in [-0.4, -0.2) is 37.9 Å². The Hall–Kier alpha value is -0.120. The molecule has 3 N–H and O–H groups in total. The Bertz CT molecular complexity index is 97.6. The van der Waals surface area contributed by atoms with Crippen molar-refractivity contribution in [2.24, 2.45) is 5.92 Å². The standard InChI is InChI=1S/C7H16N2O/c1-8-3-6-2-7(5-10)9-4-6/h6-10H,2-5H2,1H3/t6-,7+/m1/s1. The summed E-state index contributed by atoms with van der Waals surface area (Å²) in [6.07, 6.45) is 1.11. The van der Waals surface area contributed by atoms with E-state index in [9.17, 15) is 0 Å². The van der Waals surface area contributed by atoms with Gasteiger partial charge in [-0.1, -0.05) is 0 Å². The zero-order valence-corrected chi connectivity index (χ0v) is 6.43. The molecule has 0 unspecified atom stereocenters. The van der Waals surface area contributed by atoms with Gasteiger partial charge in [0.05, 0.1) is 6.61 Å². The van der Waals surface area contributed by atoms with Crippen LogP contribution in [0.3, 0.4) is 0 Å². The molecule has 1 aliphatic rings. The lowest BCUT2D eigenvalue weighted by atomic mass is 10.1. The zero-order chi connectivity index (χ0) is 7.40. The van der Waals surface area contributed by atoms with Crippen LogP contribution in [0.4, 0.5) is 0 Å². The lowest BCUT2D eigenvalue weighted by molar-refractivity contribution is 0.252. The molecule has 0 saturated carbocycles. The molecular formula is C7H16N2O. The highest BCUT2D eigenvalue weighted by Crippen LogP contribution is 2.11. The molecule has 0 aromatic heterocycles. The smallest absolute Gasteiger partial charge is 0.0584 e. The summed E-state index contributed by atoms with van der Waals surface area (Å²) in [7, 11) is 1.96. The van der Waals surface area contributed by atoms with E-state index in [0.29, 0.717) is 12.0 Å². The number of nitrogens with one attached hydrogen (secondary N) is 2. The van der Waals surface area contributed by atoms with Crippen LogP contribution in [-0.2, 0) is 0 Å². The van der Waals surface area contributed by atoms with E-state index in [2.05, 4.69) is 10.6 Å². The molecule has 0 bridgehead atoms. The SMILES string of the molecule is CNC[C@@H]1CN[C@H](CO)C1. The first-order valence-corrected chi connectivity index (χ1v) is 3.85. The molecule has 0 aromatic carbocycles. The molecule has 1 aliphatic heterocycles. The van der Waals surface area contributed by atoms with Gasteiger partial charge in [0, 0.05) is 6.04 Å². The normalized spacial score (nSPS) is 33.0. The van der Waals surface area contributed by atoms with Crippen LogP contribution in [0.15, 0.2) is 0 Å². The van der Waals surface area contributed by atoms with E-state index < -0.39 is 0 Å². The number of aliphatic hydroxyl groups excluding tert-OH is 1. The second-order valence-electron chi connectivity index (χ2n) is 2.95. The van der Waals surface area contributed by atoms with Gasteiger partial charge in [-0.05, 0) is 32.5 Å². The second-order valence-corrected chi connectivity index (χ2v) is 2.95. The number of hydrogen-bond donors (Lipinski definition) is 3. The largest absolute Gasteiger partial charge is 0.395 e. The predicted molar refractivity (Wildman–Crippen MR) is 40.9 cm³/mol. The Morgan fingerprint density at radius 3 is 3.00 bits per heavy atom. The maximum atomic E-state index is 8.77. The van der Waals surface area contributed by atoms with Crippen molar-refractivity contribution in [3.63, 3.8) is 0 Å². The predicted octanol–water partition coefficient (Wildman–Crippen LogP) is -0.824. The minimum Gasteiger partial charge on any atom is -0.395 e. The number of rotatable bonds is 3. The second kappa shape index (κ2) is 3.91. The van der Waals surface area contributed by atoms with Crippen LogP contribution in [0.2, 0.25) is 0 Å². The Kier molecular flexibility index (Phi) is 3.12. The number of hydrogen-bond acceptors (Lipinski definition) is 3. The molecule has 1 rings (SSSR count). The van der Waals surface area contributed by atoms with Gasteiger partial charge < -0.3 is 15.7 Å². The first kappa shape index (κ1) is 7.98. The van der Waals surface area contributed by atoms with E-state index in [-0.39, 0.29) is 6.61 Å². The maximum absolute atomic E-state index is 8.77. The molecule has 3 heteroatoms. The van der Waals surface area contributed by atoms with Gasteiger partial charge in [-0.15, -0.1) is 0 Å². The fraction of sp³-hybridized carbons (Fsp3) is 1.00. The van der Waals surface area contributed by atoms with Gasteiger partial charge in [0.1, 0.15) is 0 Å². The van der Waals surface area contributed by atoms with Gasteiger partial charge in [0.2, 0.25) is 0 Å². The van der Waals surface area contributed by atoms with Crippen LogP contribution in [0, 0.1) is 5.92 Å². The van der Waals surface area contributed by atoms with E-state index in [1.807, 2.05) is 7.05 Å². The van der Waals surface area contributed by atoms with Crippen LogP contribution in [0.25, 0.3) is 0 Å². The van der Waals surface area contributed by atoms with E-state index >= 15 is 0 Å². The summed E-state index contributed by atoms with van der Waals surface area (Å²) >= 11 is 0. The highest BCUT2D eigenvalue weighted by molar-refractivity contribution is 4.81. The summed E-state index contributed by atoms with van der Waals surface area (Å²) in [6.45, 7) is 2.38. The van der Waals surface area contributed by atoms with Gasteiger partial charge in [0.15, 0.2) is 0 Å². The zero-order valence-electron chi connectivity index (χ0n) is 6.43. The lowest BCUT2D eigenvalue weighted by Gasteiger charge is -2.06. The van der Waals surface area contributed by atoms with Crippen molar-refractivity contribution in [3.8, 4) is 0 Å². The molecule has 60 valence electrons. The fourth-order valence-electron chi connectivity index (χ4n) is 1.49. The fourth-order valence-corrected chi connectivity index (χ4v) is 1.49. The highest BCUT2D eigenvalue weighted by atomic mass is 16.3. The lowest BCUT2D eigenvalue weighted by Crippen LogP contribution is -2.24. The maximum Gasteiger partial charge on any atom is 0.0584 e. The van der Waals surface area contributed by atoms with Crippen molar-refractivity contribution in [2.75, 3.05) is 26.7 Å². The van der Waals surface area contributed by atoms with Crippen LogP contribution >= 0.6 is 0 Å². The van der Waals surface area contributed by atoms with Crippen LogP contribution in [0.1, 0.15) is 6.42 Å². The third kappa shape index (κ3) is 1.94. The summed E-state index contributed by atoms with van der Waals surface area (Å²) in [5.74, 6) is 0.710. The molecule has 0 amide bonds. The molecule has 1 fully saturated rings. The number of aliphatic hydroxyl groups is 1. The minimum atomic E-state index is 0.278. The molecule has 0 aliphatic carbocycles. The molecule has 3 nitrogen and oxygen atoms in total. The summed E-state index contributed by atoms with van der Waals surface area (Å²) in [6, 6.07) is 0.346. The van der Waals surface area contributed by atoms with E-state index in [4.69, 9.17) is 5.11 Å². The van der Waals surface area contributed by atoms with Gasteiger partial charge in [-0.3, -0.25) is 0 Å². The average Bonchev–Trinajstić information content (AvgIpc) is 2.37. The Morgan fingerprint density at radius 1 is 1.70 bits per heavy atom. The summed E-state index contributed by atoms with van der Waals surface area (Å²) < 4.78 is 0. The quantitative estimate of drug-likeness (QED) is 0.485. The average molecular weight is 144 g/mol. The van der Waals surface area contributed by atoms with Crippen LogP contribution < -0.4 is 10.6 Å². The van der Waals surface area contributed by atoms with Gasteiger partial charge in [0.25, 0.3) is 0 Å². The van der Waals surface area contributed by atoms with E-state index in [0.717, 1.165) is 19.5 Å². The highest BCUT2D eigenvalue weighted by Gasteiger charge is 2.21. The van der Waals surface area contributed by atoms with Crippen molar-refractivity contribution < 1.29 is 5.11 Å². The van der Waals surface area contributed by atoms with Gasteiger partial charge >= 0.3 is 0 Å². The minimum absolute atomic E-state index is 0.278. The third-order valence-electron chi connectivity index (χ3n) is 2.03. The summed E-state index contributed by atoms with van der Waals surface area (Å²) in [5.41, 5.74) is 0. The molecule has 0 radical (unpaired) electrons. The summed E-state index contributed by atoms with van der Waals surface area (Å²) in [5, 5.41) is 15.2. The first-order chi connectivity index (χ1) is 4.86. The molecule has 0 aromatic rings. The Morgan fingerprint density at radius 2 is 2.50 bits per heavy atom. The van der Waals surface area contributed by atoms with Crippen molar-refractivity contribution in [3.05, 3.63) is 0 Å². The van der Waals surface area contributed by atoms with Crippen molar-refractivity contribution >= 4 is 0 Å². The topological polar surface area (TPSA) is 44.3 Å². The van der Waals surface area contributed by atoms with Crippen molar-refractivity contribution in [1.29, 1.82) is 0 Å². The first-order valence-electron chi connectivity index (χ1n) is 3.85. The van der Waals surface area contributed by atoms with Crippen LogP contribution in [0.5, 0.6) is 0 Å². The third-order valence-corrected chi connectivity index (χ3v) is 2.03. The van der Waals surface area contributed by atoms with E-state index in [1.54, 1.807) is 0 Å². The summed E-state index contributed by atoms with van der Waals surface area (Å²) in [4.78, 5) is 0. The Balaban J connectivity index is 2.15. The van der Waals surface area contributed by atoms with E-state index in [1.165, 1.54) is 0 Å². The molecule has 1 saturated heterocycles.